The zero-order valence-electron chi connectivity index (χ0n) is 13.9. The largest absolute Gasteiger partial charge is 0.379 e. The maximum absolute atomic E-state index is 11.9. The van der Waals surface area contributed by atoms with Crippen molar-refractivity contribution in [3.05, 3.63) is 0 Å². The number of urea groups is 1. The topological polar surface area (TPSA) is 70.7 Å². The second-order valence-electron chi connectivity index (χ2n) is 6.75. The zero-order valence-corrected chi connectivity index (χ0v) is 13.9. The smallest absolute Gasteiger partial charge is 0.315 e. The molecule has 2 N–H and O–H groups in total. The Kier molecular flexibility index (Phi) is 6.45. The molecule has 1 aliphatic rings. The first-order valence-corrected chi connectivity index (χ1v) is 7.66. The van der Waals surface area contributed by atoms with Gasteiger partial charge in [-0.3, -0.25) is 4.79 Å². The fourth-order valence-corrected chi connectivity index (χ4v) is 2.28. The number of hydrogen-bond acceptors (Lipinski definition) is 3. The normalized spacial score (nSPS) is 19.2. The third-order valence-corrected chi connectivity index (χ3v) is 3.33. The summed E-state index contributed by atoms with van der Waals surface area (Å²) in [5.41, 5.74) is -0.196. The van der Waals surface area contributed by atoms with Gasteiger partial charge in [0.2, 0.25) is 5.91 Å². The second kappa shape index (κ2) is 7.64. The zero-order chi connectivity index (χ0) is 16.0. The molecule has 122 valence electrons. The molecule has 1 saturated heterocycles. The van der Waals surface area contributed by atoms with E-state index in [1.54, 1.807) is 0 Å². The molecule has 0 aromatic carbocycles. The first-order valence-electron chi connectivity index (χ1n) is 7.66. The number of rotatable bonds is 6. The van der Waals surface area contributed by atoms with Gasteiger partial charge in [0, 0.05) is 31.7 Å². The SMILES string of the molecule is CC(C)OCCCNC(=O)NC1CC(=O)N(C(C)(C)C)C1. The average molecular weight is 299 g/mol. The number of carbonyl (C=O) groups excluding carboxylic acids is 2. The van der Waals surface area contributed by atoms with Crippen LogP contribution in [0.4, 0.5) is 4.79 Å². The van der Waals surface area contributed by atoms with Crippen molar-refractivity contribution >= 4 is 11.9 Å². The maximum Gasteiger partial charge on any atom is 0.315 e. The van der Waals surface area contributed by atoms with E-state index >= 15 is 0 Å². The summed E-state index contributed by atoms with van der Waals surface area (Å²) >= 11 is 0. The van der Waals surface area contributed by atoms with Crippen LogP contribution in [0.15, 0.2) is 0 Å². The van der Waals surface area contributed by atoms with Gasteiger partial charge in [-0.2, -0.15) is 0 Å². The lowest BCUT2D eigenvalue weighted by molar-refractivity contribution is -0.131. The predicted molar refractivity (Wildman–Crippen MR) is 82.1 cm³/mol. The van der Waals surface area contributed by atoms with Crippen LogP contribution in [0, 0.1) is 0 Å². The highest BCUT2D eigenvalue weighted by molar-refractivity contribution is 5.82. The third-order valence-electron chi connectivity index (χ3n) is 3.33. The Morgan fingerprint density at radius 1 is 1.43 bits per heavy atom. The molecule has 21 heavy (non-hydrogen) atoms. The molecule has 0 radical (unpaired) electrons. The first kappa shape index (κ1) is 17.8. The molecule has 0 spiro atoms. The van der Waals surface area contributed by atoms with Crippen LogP contribution in [0.2, 0.25) is 0 Å². The molecule has 1 unspecified atom stereocenters. The number of nitrogens with zero attached hydrogens (tertiary/aromatic N) is 1. The summed E-state index contributed by atoms with van der Waals surface area (Å²) in [6, 6.07) is -0.322. The Bertz CT molecular complexity index is 364. The Balaban J connectivity index is 2.22. The predicted octanol–water partition coefficient (Wildman–Crippen LogP) is 1.50. The van der Waals surface area contributed by atoms with Crippen LogP contribution in [-0.2, 0) is 9.53 Å². The molecule has 0 aromatic rings. The molecule has 6 heteroatoms. The summed E-state index contributed by atoms with van der Waals surface area (Å²) in [4.78, 5) is 25.5. The van der Waals surface area contributed by atoms with Gasteiger partial charge in [0.05, 0.1) is 12.1 Å². The summed E-state index contributed by atoms with van der Waals surface area (Å²) in [7, 11) is 0. The average Bonchev–Trinajstić information content (AvgIpc) is 2.69. The van der Waals surface area contributed by atoms with Crippen LogP contribution in [0.3, 0.4) is 0 Å². The quantitative estimate of drug-likeness (QED) is 0.730. The van der Waals surface area contributed by atoms with Crippen LogP contribution in [-0.4, -0.2) is 54.2 Å². The highest BCUT2D eigenvalue weighted by atomic mass is 16.5. The van der Waals surface area contributed by atoms with Crippen molar-refractivity contribution in [3.8, 4) is 0 Å². The Hall–Kier alpha value is -1.30. The molecule has 0 aliphatic carbocycles. The van der Waals surface area contributed by atoms with E-state index in [4.69, 9.17) is 4.74 Å². The van der Waals surface area contributed by atoms with Gasteiger partial charge in [-0.1, -0.05) is 0 Å². The molecule has 1 rings (SSSR count). The van der Waals surface area contributed by atoms with E-state index in [9.17, 15) is 9.59 Å². The van der Waals surface area contributed by atoms with Gasteiger partial charge < -0.3 is 20.3 Å². The number of hydrogen-bond donors (Lipinski definition) is 2. The lowest BCUT2D eigenvalue weighted by atomic mass is 10.1. The van der Waals surface area contributed by atoms with Crippen LogP contribution in [0.1, 0.15) is 47.5 Å². The second-order valence-corrected chi connectivity index (χ2v) is 6.75. The fourth-order valence-electron chi connectivity index (χ4n) is 2.28. The molecule has 3 amide bonds. The Morgan fingerprint density at radius 2 is 2.10 bits per heavy atom. The third kappa shape index (κ3) is 6.33. The molecular weight excluding hydrogens is 270 g/mol. The number of likely N-dealkylation sites (tertiary alicyclic amines) is 1. The van der Waals surface area contributed by atoms with E-state index in [1.807, 2.05) is 39.5 Å². The molecule has 0 aromatic heterocycles. The van der Waals surface area contributed by atoms with E-state index in [1.165, 1.54) is 0 Å². The van der Waals surface area contributed by atoms with E-state index in [2.05, 4.69) is 10.6 Å². The van der Waals surface area contributed by atoms with Gasteiger partial charge in [-0.15, -0.1) is 0 Å². The van der Waals surface area contributed by atoms with Crippen LogP contribution < -0.4 is 10.6 Å². The summed E-state index contributed by atoms with van der Waals surface area (Å²) in [5.74, 6) is 0.0955. The Labute approximate surface area is 127 Å². The van der Waals surface area contributed by atoms with Crippen molar-refractivity contribution < 1.29 is 14.3 Å². The molecule has 1 fully saturated rings. The highest BCUT2D eigenvalue weighted by Gasteiger charge is 2.36. The fraction of sp³-hybridized carbons (Fsp3) is 0.867. The minimum Gasteiger partial charge on any atom is -0.379 e. The monoisotopic (exact) mass is 299 g/mol. The lowest BCUT2D eigenvalue weighted by Gasteiger charge is -2.32. The molecule has 6 nitrogen and oxygen atoms in total. The number of carbonyl (C=O) groups is 2. The van der Waals surface area contributed by atoms with Gasteiger partial charge in [0.25, 0.3) is 0 Å². The summed E-state index contributed by atoms with van der Waals surface area (Å²) in [5, 5.41) is 5.65. The standard InChI is InChI=1S/C15H29N3O3/c1-11(2)21-8-6-7-16-14(20)17-12-9-13(19)18(10-12)15(3,4)5/h11-12H,6-10H2,1-5H3,(H2,16,17,20). The molecule has 1 aliphatic heterocycles. The summed E-state index contributed by atoms with van der Waals surface area (Å²) in [6.07, 6.45) is 1.37. The van der Waals surface area contributed by atoms with E-state index in [0.29, 0.717) is 26.1 Å². The summed E-state index contributed by atoms with van der Waals surface area (Å²) < 4.78 is 5.40. The van der Waals surface area contributed by atoms with Gasteiger partial charge in [-0.05, 0) is 41.0 Å². The molecule has 0 saturated carbocycles. The van der Waals surface area contributed by atoms with E-state index in [0.717, 1.165) is 6.42 Å². The van der Waals surface area contributed by atoms with E-state index in [-0.39, 0.29) is 29.6 Å². The first-order chi connectivity index (χ1) is 9.70. The van der Waals surface area contributed by atoms with Gasteiger partial charge in [0.15, 0.2) is 0 Å². The van der Waals surface area contributed by atoms with Crippen molar-refractivity contribution in [2.45, 2.75) is 65.1 Å². The van der Waals surface area contributed by atoms with Crippen molar-refractivity contribution in [2.75, 3.05) is 19.7 Å². The van der Waals surface area contributed by atoms with Gasteiger partial charge in [-0.25, -0.2) is 4.79 Å². The van der Waals surface area contributed by atoms with Crippen LogP contribution in [0.5, 0.6) is 0 Å². The number of nitrogens with one attached hydrogen (secondary N) is 2. The van der Waals surface area contributed by atoms with Gasteiger partial charge in [0.1, 0.15) is 0 Å². The minimum atomic E-state index is -0.215. The molecule has 1 atom stereocenters. The maximum atomic E-state index is 11.9. The Morgan fingerprint density at radius 3 is 2.62 bits per heavy atom. The van der Waals surface area contributed by atoms with Crippen LogP contribution in [0.25, 0.3) is 0 Å². The van der Waals surface area contributed by atoms with Crippen LogP contribution >= 0.6 is 0 Å². The molecular formula is C15H29N3O3. The molecule has 1 heterocycles. The van der Waals surface area contributed by atoms with Gasteiger partial charge >= 0.3 is 6.03 Å². The number of amides is 3. The van der Waals surface area contributed by atoms with E-state index < -0.39 is 0 Å². The highest BCUT2D eigenvalue weighted by Crippen LogP contribution is 2.21. The van der Waals surface area contributed by atoms with Crippen molar-refractivity contribution in [3.63, 3.8) is 0 Å². The van der Waals surface area contributed by atoms with Crippen molar-refractivity contribution in [2.24, 2.45) is 0 Å². The molecule has 0 bridgehead atoms. The number of ether oxygens (including phenoxy) is 1. The van der Waals surface area contributed by atoms with Crippen molar-refractivity contribution in [1.29, 1.82) is 0 Å². The summed E-state index contributed by atoms with van der Waals surface area (Å²) in [6.45, 7) is 11.8. The lowest BCUT2D eigenvalue weighted by Crippen LogP contribution is -2.46. The minimum absolute atomic E-state index is 0.0955. The van der Waals surface area contributed by atoms with Crippen molar-refractivity contribution in [1.82, 2.24) is 15.5 Å².